The summed E-state index contributed by atoms with van der Waals surface area (Å²) in [5, 5.41) is 3.03. The number of unbranched alkanes of at least 4 members (excludes halogenated alkanes) is 1. The van der Waals surface area contributed by atoms with E-state index in [2.05, 4.69) is 12.2 Å². The number of amides is 2. The fraction of sp³-hybridized carbons (Fsp3) is 0.619. The number of carbonyl (C=O) groups excluding carboxylic acids is 2. The first-order chi connectivity index (χ1) is 12.9. The maximum absolute atomic E-state index is 12.9. The van der Waals surface area contributed by atoms with Crippen molar-refractivity contribution in [3.63, 3.8) is 0 Å². The average Bonchev–Trinajstić information content (AvgIpc) is 3.12. The summed E-state index contributed by atoms with van der Waals surface area (Å²) in [4.78, 5) is 27.2. The van der Waals surface area contributed by atoms with Crippen LogP contribution in [0.3, 0.4) is 0 Å². The zero-order valence-electron chi connectivity index (χ0n) is 17.1. The number of nitrogens with one attached hydrogen (secondary N) is 1. The summed E-state index contributed by atoms with van der Waals surface area (Å²) in [5.41, 5.74) is 0.909. The highest BCUT2D eigenvalue weighted by molar-refractivity contribution is 5.84. The van der Waals surface area contributed by atoms with Crippen LogP contribution in [-0.4, -0.2) is 50.6 Å². The van der Waals surface area contributed by atoms with E-state index in [9.17, 15) is 9.59 Å². The molecule has 0 saturated carbocycles. The standard InChI is InChI=1S/C21H32N2O4/c1-6-7-10-22-20(24)18-13-23(21(25)14(2)3)12-17(18)16-11-15(26-4)8-9-19(16)27-5/h8-9,11,14,17-18H,6-7,10,12-13H2,1-5H3,(H,22,24)/t17-,18-/m1/s1. The van der Waals surface area contributed by atoms with E-state index >= 15 is 0 Å². The molecule has 0 bridgehead atoms. The first kappa shape index (κ1) is 21.1. The molecule has 1 aliphatic heterocycles. The lowest BCUT2D eigenvalue weighted by molar-refractivity contribution is -0.133. The predicted molar refractivity (Wildman–Crippen MR) is 105 cm³/mol. The highest BCUT2D eigenvalue weighted by atomic mass is 16.5. The predicted octanol–water partition coefficient (Wildman–Crippen LogP) is 2.82. The minimum atomic E-state index is -0.300. The number of benzene rings is 1. The molecule has 6 nitrogen and oxygen atoms in total. The topological polar surface area (TPSA) is 67.9 Å². The first-order valence-corrected chi connectivity index (χ1v) is 9.71. The molecule has 1 N–H and O–H groups in total. The second kappa shape index (κ2) is 9.62. The lowest BCUT2D eigenvalue weighted by Gasteiger charge is -2.21. The van der Waals surface area contributed by atoms with Crippen LogP contribution in [0.15, 0.2) is 18.2 Å². The Kier molecular flexibility index (Phi) is 7.51. The van der Waals surface area contributed by atoms with E-state index in [-0.39, 0.29) is 29.6 Å². The molecule has 0 aromatic heterocycles. The van der Waals surface area contributed by atoms with Crippen LogP contribution in [0.4, 0.5) is 0 Å². The van der Waals surface area contributed by atoms with Crippen LogP contribution in [0, 0.1) is 11.8 Å². The summed E-state index contributed by atoms with van der Waals surface area (Å²) in [5.74, 6) is 0.975. The zero-order valence-corrected chi connectivity index (χ0v) is 17.1. The van der Waals surface area contributed by atoms with Gasteiger partial charge in [-0.25, -0.2) is 0 Å². The summed E-state index contributed by atoms with van der Waals surface area (Å²) < 4.78 is 10.9. The second-order valence-electron chi connectivity index (χ2n) is 7.36. The Balaban J connectivity index is 2.34. The molecule has 2 amide bonds. The molecule has 150 valence electrons. The molecular weight excluding hydrogens is 344 g/mol. The zero-order chi connectivity index (χ0) is 20.0. The van der Waals surface area contributed by atoms with E-state index in [1.54, 1.807) is 19.1 Å². The third-order valence-electron chi connectivity index (χ3n) is 5.13. The first-order valence-electron chi connectivity index (χ1n) is 9.71. The molecule has 0 unspecified atom stereocenters. The SMILES string of the molecule is CCCCNC(=O)[C@@H]1CN(C(=O)C(C)C)C[C@@H]1c1cc(OC)ccc1OC. The fourth-order valence-electron chi connectivity index (χ4n) is 3.58. The quantitative estimate of drug-likeness (QED) is 0.709. The van der Waals surface area contributed by atoms with Gasteiger partial charge in [-0.3, -0.25) is 9.59 Å². The molecule has 0 spiro atoms. The van der Waals surface area contributed by atoms with Gasteiger partial charge in [0, 0.05) is 37.0 Å². The third-order valence-corrected chi connectivity index (χ3v) is 5.13. The van der Waals surface area contributed by atoms with Gasteiger partial charge < -0.3 is 19.7 Å². The number of likely N-dealkylation sites (tertiary alicyclic amines) is 1. The molecule has 1 aliphatic rings. The second-order valence-corrected chi connectivity index (χ2v) is 7.36. The van der Waals surface area contributed by atoms with Gasteiger partial charge in [0.15, 0.2) is 0 Å². The van der Waals surface area contributed by atoms with Crippen LogP contribution in [0.1, 0.15) is 45.1 Å². The number of rotatable bonds is 8. The number of ether oxygens (including phenoxy) is 2. The van der Waals surface area contributed by atoms with Gasteiger partial charge in [0.25, 0.3) is 0 Å². The van der Waals surface area contributed by atoms with Crippen molar-refractivity contribution in [2.45, 2.75) is 39.5 Å². The smallest absolute Gasteiger partial charge is 0.225 e. The Morgan fingerprint density at radius 2 is 1.96 bits per heavy atom. The van der Waals surface area contributed by atoms with Gasteiger partial charge >= 0.3 is 0 Å². The lowest BCUT2D eigenvalue weighted by atomic mass is 9.87. The van der Waals surface area contributed by atoms with Crippen LogP contribution in [-0.2, 0) is 9.59 Å². The lowest BCUT2D eigenvalue weighted by Crippen LogP contribution is -2.37. The molecule has 1 aromatic rings. The van der Waals surface area contributed by atoms with Gasteiger partial charge in [0.1, 0.15) is 11.5 Å². The Hall–Kier alpha value is -2.24. The van der Waals surface area contributed by atoms with Crippen LogP contribution in [0.25, 0.3) is 0 Å². The van der Waals surface area contributed by atoms with Crippen molar-refractivity contribution in [2.75, 3.05) is 33.9 Å². The van der Waals surface area contributed by atoms with E-state index in [0.717, 1.165) is 18.4 Å². The van der Waals surface area contributed by atoms with Crippen LogP contribution in [0.5, 0.6) is 11.5 Å². The number of hydrogen-bond acceptors (Lipinski definition) is 4. The van der Waals surface area contributed by atoms with E-state index in [1.807, 2.05) is 32.0 Å². The summed E-state index contributed by atoms with van der Waals surface area (Å²) in [6, 6.07) is 5.61. The molecule has 1 aromatic carbocycles. The van der Waals surface area contributed by atoms with Gasteiger partial charge in [-0.2, -0.15) is 0 Å². The molecule has 27 heavy (non-hydrogen) atoms. The van der Waals surface area contributed by atoms with Crippen molar-refractivity contribution >= 4 is 11.8 Å². The molecule has 1 heterocycles. The Labute approximate surface area is 162 Å². The molecule has 2 rings (SSSR count). The van der Waals surface area contributed by atoms with Gasteiger partial charge in [-0.15, -0.1) is 0 Å². The maximum Gasteiger partial charge on any atom is 0.225 e. The minimum Gasteiger partial charge on any atom is -0.497 e. The summed E-state index contributed by atoms with van der Waals surface area (Å²) >= 11 is 0. The van der Waals surface area contributed by atoms with E-state index < -0.39 is 0 Å². The van der Waals surface area contributed by atoms with Crippen molar-refractivity contribution in [2.24, 2.45) is 11.8 Å². The third kappa shape index (κ3) is 4.93. The van der Waals surface area contributed by atoms with E-state index in [0.29, 0.717) is 31.1 Å². The van der Waals surface area contributed by atoms with Crippen LogP contribution in [0.2, 0.25) is 0 Å². The molecule has 2 atom stereocenters. The van der Waals surface area contributed by atoms with Crippen LogP contribution < -0.4 is 14.8 Å². The molecular formula is C21H32N2O4. The Morgan fingerprint density at radius 3 is 2.56 bits per heavy atom. The summed E-state index contributed by atoms with van der Waals surface area (Å²) in [7, 11) is 3.23. The monoisotopic (exact) mass is 376 g/mol. The molecule has 1 saturated heterocycles. The van der Waals surface area contributed by atoms with E-state index in [1.165, 1.54) is 0 Å². The Morgan fingerprint density at radius 1 is 1.22 bits per heavy atom. The number of carbonyl (C=O) groups is 2. The molecule has 0 aliphatic carbocycles. The van der Waals surface area contributed by atoms with Crippen molar-refractivity contribution in [3.8, 4) is 11.5 Å². The highest BCUT2D eigenvalue weighted by Crippen LogP contribution is 2.39. The Bertz CT molecular complexity index is 660. The molecule has 0 radical (unpaired) electrons. The number of nitrogens with zero attached hydrogens (tertiary/aromatic N) is 1. The number of hydrogen-bond donors (Lipinski definition) is 1. The molecule has 6 heteroatoms. The maximum atomic E-state index is 12.9. The molecule has 1 fully saturated rings. The van der Waals surface area contributed by atoms with E-state index in [4.69, 9.17) is 9.47 Å². The van der Waals surface area contributed by atoms with Crippen molar-refractivity contribution in [3.05, 3.63) is 23.8 Å². The average molecular weight is 376 g/mol. The van der Waals surface area contributed by atoms with Gasteiger partial charge in [-0.05, 0) is 24.6 Å². The fourth-order valence-corrected chi connectivity index (χ4v) is 3.58. The summed E-state index contributed by atoms with van der Waals surface area (Å²) in [6.45, 7) is 7.46. The summed E-state index contributed by atoms with van der Waals surface area (Å²) in [6.07, 6.45) is 1.97. The highest BCUT2D eigenvalue weighted by Gasteiger charge is 2.41. The largest absolute Gasteiger partial charge is 0.497 e. The van der Waals surface area contributed by atoms with Crippen molar-refractivity contribution in [1.29, 1.82) is 0 Å². The van der Waals surface area contributed by atoms with Gasteiger partial charge in [0.05, 0.1) is 20.1 Å². The normalized spacial score (nSPS) is 19.3. The van der Waals surface area contributed by atoms with Crippen LogP contribution >= 0.6 is 0 Å². The number of methoxy groups -OCH3 is 2. The van der Waals surface area contributed by atoms with Crippen molar-refractivity contribution < 1.29 is 19.1 Å². The van der Waals surface area contributed by atoms with Gasteiger partial charge in [-0.1, -0.05) is 27.2 Å². The van der Waals surface area contributed by atoms with Gasteiger partial charge in [0.2, 0.25) is 11.8 Å². The van der Waals surface area contributed by atoms with Crippen molar-refractivity contribution in [1.82, 2.24) is 10.2 Å². The minimum absolute atomic E-state index is 0.00243.